The summed E-state index contributed by atoms with van der Waals surface area (Å²) in [6, 6.07) is 18.9. The van der Waals surface area contributed by atoms with Gasteiger partial charge in [0.1, 0.15) is 0 Å². The highest BCUT2D eigenvalue weighted by atomic mass is 32.2. The number of amides is 1. The number of anilines is 4. The van der Waals surface area contributed by atoms with Crippen molar-refractivity contribution in [3.63, 3.8) is 0 Å². The van der Waals surface area contributed by atoms with Crippen LogP contribution in [0.3, 0.4) is 0 Å². The molecule has 0 bridgehead atoms. The fourth-order valence-electron chi connectivity index (χ4n) is 4.54. The minimum atomic E-state index is -0.139. The molecule has 39 heavy (non-hydrogen) atoms. The second kappa shape index (κ2) is 11.4. The number of hydrogen-bond donors (Lipinski definition) is 3. The summed E-state index contributed by atoms with van der Waals surface area (Å²) in [4.78, 5) is 32.2. The van der Waals surface area contributed by atoms with E-state index in [9.17, 15) is 4.79 Å². The zero-order valence-electron chi connectivity index (χ0n) is 21.8. The smallest absolute Gasteiger partial charge is 0.255 e. The molecule has 3 N–H and O–H groups in total. The third kappa shape index (κ3) is 6.21. The Balaban J connectivity index is 1.19. The fraction of sp³-hybridized carbons (Fsp3) is 0.321. The number of H-pyrrole nitrogens is 1. The Morgan fingerprint density at radius 3 is 2.46 bits per heavy atom. The van der Waals surface area contributed by atoms with Gasteiger partial charge >= 0.3 is 0 Å². The summed E-state index contributed by atoms with van der Waals surface area (Å²) in [6.45, 7) is 3.62. The molecule has 4 aromatic rings. The molecule has 0 radical (unpaired) electrons. The molecule has 2 aromatic heterocycles. The SMILES string of the molecule is CN1CCN(c2nc(Nc3cc(C4CCC4)[nH]n3)nc(Sc3ccc(NC(=O)c4ccccc4)cc3)n2)CC1. The molecule has 1 saturated carbocycles. The maximum Gasteiger partial charge on any atom is 0.255 e. The minimum Gasteiger partial charge on any atom is -0.338 e. The van der Waals surface area contributed by atoms with Crippen molar-refractivity contribution < 1.29 is 4.79 Å². The van der Waals surface area contributed by atoms with E-state index in [1.165, 1.54) is 31.0 Å². The van der Waals surface area contributed by atoms with Gasteiger partial charge in [-0.25, -0.2) is 0 Å². The summed E-state index contributed by atoms with van der Waals surface area (Å²) in [5.41, 5.74) is 2.51. The Labute approximate surface area is 231 Å². The summed E-state index contributed by atoms with van der Waals surface area (Å²) in [5, 5.41) is 14.4. The van der Waals surface area contributed by atoms with Gasteiger partial charge in [0.25, 0.3) is 5.91 Å². The molecule has 6 rings (SSSR count). The predicted octanol–water partition coefficient (Wildman–Crippen LogP) is 4.76. The van der Waals surface area contributed by atoms with Crippen molar-refractivity contribution >= 4 is 41.1 Å². The molecule has 0 unspecified atom stereocenters. The van der Waals surface area contributed by atoms with Gasteiger partial charge < -0.3 is 20.4 Å². The molecule has 1 amide bonds. The number of carbonyl (C=O) groups excluding carboxylic acids is 1. The van der Waals surface area contributed by atoms with Crippen molar-refractivity contribution in [2.75, 3.05) is 48.8 Å². The quantitative estimate of drug-likeness (QED) is 0.290. The van der Waals surface area contributed by atoms with Crippen molar-refractivity contribution in [3.8, 4) is 0 Å². The van der Waals surface area contributed by atoms with Crippen LogP contribution in [-0.2, 0) is 0 Å². The van der Waals surface area contributed by atoms with Crippen molar-refractivity contribution in [2.24, 2.45) is 0 Å². The van der Waals surface area contributed by atoms with Crippen LogP contribution in [0.4, 0.5) is 23.4 Å². The molecule has 11 heteroatoms. The van der Waals surface area contributed by atoms with Crippen LogP contribution in [0.1, 0.15) is 41.2 Å². The molecule has 2 aliphatic rings. The molecule has 2 fully saturated rings. The number of nitrogens with zero attached hydrogens (tertiary/aromatic N) is 6. The molecule has 0 atom stereocenters. The van der Waals surface area contributed by atoms with Crippen molar-refractivity contribution in [2.45, 2.75) is 35.2 Å². The van der Waals surface area contributed by atoms with Gasteiger partial charge in [0.05, 0.1) is 0 Å². The third-order valence-electron chi connectivity index (χ3n) is 7.13. The van der Waals surface area contributed by atoms with E-state index in [2.05, 4.69) is 43.7 Å². The summed E-state index contributed by atoms with van der Waals surface area (Å²) in [7, 11) is 2.13. The van der Waals surface area contributed by atoms with E-state index >= 15 is 0 Å². The van der Waals surface area contributed by atoms with Crippen LogP contribution >= 0.6 is 11.8 Å². The largest absolute Gasteiger partial charge is 0.338 e. The van der Waals surface area contributed by atoms with Crippen molar-refractivity contribution in [3.05, 3.63) is 71.9 Å². The molecule has 0 spiro atoms. The van der Waals surface area contributed by atoms with Gasteiger partial charge in [0.2, 0.25) is 11.9 Å². The average molecular weight is 542 g/mol. The zero-order valence-corrected chi connectivity index (χ0v) is 22.6. The second-order valence-electron chi connectivity index (χ2n) is 9.94. The monoisotopic (exact) mass is 541 g/mol. The molecule has 3 heterocycles. The van der Waals surface area contributed by atoms with Gasteiger partial charge in [-0.05, 0) is 68.0 Å². The second-order valence-corrected chi connectivity index (χ2v) is 11.0. The number of aromatic nitrogens is 5. The predicted molar refractivity (Wildman–Crippen MR) is 153 cm³/mol. The standard InChI is InChI=1S/C28H31N9OS/c1-36-14-16-37(17-15-36)27-31-26(30-24-18-23(34-35-24)19-8-5-9-19)32-28(33-27)39-22-12-10-21(11-13-22)29-25(38)20-6-3-2-4-7-20/h2-4,6-7,10-13,18-19H,5,8-9,14-17H2,1H3,(H,29,38)(H2,30,31,32,33,34,35). The average Bonchev–Trinajstić information content (AvgIpc) is 3.37. The van der Waals surface area contributed by atoms with Crippen LogP contribution in [0.2, 0.25) is 0 Å². The van der Waals surface area contributed by atoms with E-state index in [0.717, 1.165) is 42.5 Å². The molecule has 1 aliphatic heterocycles. The Bertz CT molecular complexity index is 1410. The number of carbonyl (C=O) groups is 1. The molecule has 1 aliphatic carbocycles. The Kier molecular flexibility index (Phi) is 7.42. The van der Waals surface area contributed by atoms with E-state index in [4.69, 9.17) is 15.0 Å². The van der Waals surface area contributed by atoms with Crippen LogP contribution < -0.4 is 15.5 Å². The Morgan fingerprint density at radius 2 is 1.74 bits per heavy atom. The van der Waals surface area contributed by atoms with Crippen molar-refractivity contribution in [1.82, 2.24) is 30.0 Å². The third-order valence-corrected chi connectivity index (χ3v) is 8.00. The lowest BCUT2D eigenvalue weighted by atomic mass is 9.83. The maximum absolute atomic E-state index is 12.5. The van der Waals surface area contributed by atoms with E-state index in [1.54, 1.807) is 12.1 Å². The molecule has 10 nitrogen and oxygen atoms in total. The number of likely N-dealkylation sites (N-methyl/N-ethyl adjacent to an activating group) is 1. The van der Waals surface area contributed by atoms with Gasteiger partial charge in [-0.1, -0.05) is 24.6 Å². The van der Waals surface area contributed by atoms with Gasteiger partial charge in [0, 0.05) is 60.0 Å². The summed E-state index contributed by atoms with van der Waals surface area (Å²) in [5.74, 6) is 2.27. The van der Waals surface area contributed by atoms with Gasteiger partial charge in [-0.3, -0.25) is 9.89 Å². The van der Waals surface area contributed by atoms with Crippen LogP contribution in [0, 0.1) is 0 Å². The first-order valence-electron chi connectivity index (χ1n) is 13.3. The van der Waals surface area contributed by atoms with Gasteiger partial charge in [-0.2, -0.15) is 20.1 Å². The number of benzene rings is 2. The lowest BCUT2D eigenvalue weighted by Gasteiger charge is -2.32. The molecular weight excluding hydrogens is 510 g/mol. The number of rotatable bonds is 8. The molecule has 2 aromatic carbocycles. The Morgan fingerprint density at radius 1 is 0.974 bits per heavy atom. The summed E-state index contributed by atoms with van der Waals surface area (Å²) in [6.07, 6.45) is 3.68. The zero-order chi connectivity index (χ0) is 26.6. The lowest BCUT2D eigenvalue weighted by molar-refractivity contribution is 0.102. The van der Waals surface area contributed by atoms with Crippen molar-refractivity contribution in [1.29, 1.82) is 0 Å². The van der Waals surface area contributed by atoms with Crippen LogP contribution in [0.25, 0.3) is 0 Å². The molecule has 200 valence electrons. The van der Waals surface area contributed by atoms with E-state index in [0.29, 0.717) is 34.4 Å². The van der Waals surface area contributed by atoms with E-state index in [-0.39, 0.29) is 5.91 Å². The first-order valence-corrected chi connectivity index (χ1v) is 14.1. The maximum atomic E-state index is 12.5. The number of piperazine rings is 1. The molecule has 1 saturated heterocycles. The van der Waals surface area contributed by atoms with E-state index in [1.807, 2.05) is 42.5 Å². The normalized spacial score (nSPS) is 16.1. The number of nitrogens with one attached hydrogen (secondary N) is 3. The topological polar surface area (TPSA) is 115 Å². The molecular formula is C28H31N9OS. The number of aromatic amines is 1. The highest BCUT2D eigenvalue weighted by molar-refractivity contribution is 7.99. The lowest BCUT2D eigenvalue weighted by Crippen LogP contribution is -2.45. The first-order chi connectivity index (χ1) is 19.1. The summed E-state index contributed by atoms with van der Waals surface area (Å²) >= 11 is 1.46. The van der Waals surface area contributed by atoms with Crippen LogP contribution in [0.5, 0.6) is 0 Å². The fourth-order valence-corrected chi connectivity index (χ4v) is 5.29. The minimum absolute atomic E-state index is 0.139. The van der Waals surface area contributed by atoms with Gasteiger partial charge in [-0.15, -0.1) is 0 Å². The van der Waals surface area contributed by atoms with Crippen LogP contribution in [0.15, 0.2) is 70.7 Å². The highest BCUT2D eigenvalue weighted by Crippen LogP contribution is 2.36. The van der Waals surface area contributed by atoms with E-state index < -0.39 is 0 Å². The van der Waals surface area contributed by atoms with Crippen LogP contribution in [-0.4, -0.2) is 69.2 Å². The van der Waals surface area contributed by atoms with Gasteiger partial charge in [0.15, 0.2) is 11.0 Å². The highest BCUT2D eigenvalue weighted by Gasteiger charge is 2.23. The first kappa shape index (κ1) is 25.3. The number of hydrogen-bond acceptors (Lipinski definition) is 9. The summed E-state index contributed by atoms with van der Waals surface area (Å²) < 4.78 is 0. The Hall–Kier alpha value is -3.96.